The lowest BCUT2D eigenvalue weighted by atomic mass is 9.86. The molecule has 0 radical (unpaired) electrons. The Morgan fingerprint density at radius 3 is 2.16 bits per heavy atom. The Bertz CT molecular complexity index is 438. The predicted octanol–water partition coefficient (Wildman–Crippen LogP) is 3.16. The highest BCUT2D eigenvalue weighted by Crippen LogP contribution is 2.22. The molecule has 3 nitrogen and oxygen atoms in total. The molecule has 0 saturated carbocycles. The SMILES string of the molecule is COCCC(=O)CC(=O)c1ccc(C(C)(C)C)cc1. The number of rotatable bonds is 6. The largest absolute Gasteiger partial charge is 0.384 e. The van der Waals surface area contributed by atoms with Crippen LogP contribution in [0.1, 0.15) is 49.5 Å². The fourth-order valence-corrected chi connectivity index (χ4v) is 1.74. The summed E-state index contributed by atoms with van der Waals surface area (Å²) in [5.41, 5.74) is 1.84. The summed E-state index contributed by atoms with van der Waals surface area (Å²) in [4.78, 5) is 23.4. The van der Waals surface area contributed by atoms with Crippen molar-refractivity contribution < 1.29 is 14.3 Å². The molecule has 0 aliphatic rings. The molecule has 0 spiro atoms. The van der Waals surface area contributed by atoms with Crippen molar-refractivity contribution in [2.45, 2.75) is 39.0 Å². The van der Waals surface area contributed by atoms with Crippen molar-refractivity contribution in [1.82, 2.24) is 0 Å². The van der Waals surface area contributed by atoms with Crippen LogP contribution in [0.5, 0.6) is 0 Å². The summed E-state index contributed by atoms with van der Waals surface area (Å²) in [6.45, 7) is 6.74. The van der Waals surface area contributed by atoms with Crippen molar-refractivity contribution in [2.75, 3.05) is 13.7 Å². The van der Waals surface area contributed by atoms with Crippen molar-refractivity contribution in [2.24, 2.45) is 0 Å². The zero-order chi connectivity index (χ0) is 14.5. The molecule has 0 N–H and O–H groups in total. The molecule has 0 heterocycles. The minimum Gasteiger partial charge on any atom is -0.384 e. The molecule has 1 aromatic carbocycles. The summed E-state index contributed by atoms with van der Waals surface area (Å²) in [6, 6.07) is 7.50. The number of Topliss-reactive ketones (excluding diaryl/α,β-unsaturated/α-hetero) is 2. The molecule has 0 unspecified atom stereocenters. The summed E-state index contributed by atoms with van der Waals surface area (Å²) in [5, 5.41) is 0. The van der Waals surface area contributed by atoms with Gasteiger partial charge in [0, 0.05) is 19.1 Å². The minimum atomic E-state index is -0.124. The molecule has 3 heteroatoms. The Kier molecular flexibility index (Phi) is 5.43. The van der Waals surface area contributed by atoms with Crippen LogP contribution in [0.25, 0.3) is 0 Å². The van der Waals surface area contributed by atoms with Gasteiger partial charge in [-0.05, 0) is 11.0 Å². The van der Waals surface area contributed by atoms with Crippen LogP contribution in [0.4, 0.5) is 0 Å². The van der Waals surface area contributed by atoms with Crippen LogP contribution in [-0.2, 0) is 14.9 Å². The van der Waals surface area contributed by atoms with E-state index in [2.05, 4.69) is 20.8 Å². The van der Waals surface area contributed by atoms with E-state index >= 15 is 0 Å². The molecule has 0 aliphatic heterocycles. The van der Waals surface area contributed by atoms with Crippen molar-refractivity contribution in [3.8, 4) is 0 Å². The molecule has 0 aliphatic carbocycles. The third-order valence-electron chi connectivity index (χ3n) is 3.02. The Labute approximate surface area is 115 Å². The average molecular weight is 262 g/mol. The quantitative estimate of drug-likeness (QED) is 0.584. The maximum atomic E-state index is 11.9. The van der Waals surface area contributed by atoms with E-state index in [9.17, 15) is 9.59 Å². The lowest BCUT2D eigenvalue weighted by Crippen LogP contribution is -2.13. The molecule has 0 atom stereocenters. The van der Waals surface area contributed by atoms with Gasteiger partial charge in [0.2, 0.25) is 0 Å². The Morgan fingerprint density at radius 1 is 1.11 bits per heavy atom. The van der Waals surface area contributed by atoms with Crippen LogP contribution in [0.3, 0.4) is 0 Å². The number of ether oxygens (including phenoxy) is 1. The highest BCUT2D eigenvalue weighted by atomic mass is 16.5. The number of benzene rings is 1. The van der Waals surface area contributed by atoms with Gasteiger partial charge < -0.3 is 4.74 Å². The number of ketones is 2. The van der Waals surface area contributed by atoms with Crippen molar-refractivity contribution in [1.29, 1.82) is 0 Å². The van der Waals surface area contributed by atoms with Crippen LogP contribution < -0.4 is 0 Å². The third kappa shape index (κ3) is 4.95. The molecule has 19 heavy (non-hydrogen) atoms. The molecule has 104 valence electrons. The molecule has 0 fully saturated rings. The van der Waals surface area contributed by atoms with E-state index in [4.69, 9.17) is 4.74 Å². The molecule has 1 aromatic rings. The second kappa shape index (κ2) is 6.62. The van der Waals surface area contributed by atoms with Gasteiger partial charge in [-0.15, -0.1) is 0 Å². The highest BCUT2D eigenvalue weighted by molar-refractivity contribution is 6.07. The maximum absolute atomic E-state index is 11.9. The van der Waals surface area contributed by atoms with E-state index in [1.54, 1.807) is 19.2 Å². The van der Waals surface area contributed by atoms with Gasteiger partial charge in [-0.1, -0.05) is 45.0 Å². The summed E-state index contributed by atoms with van der Waals surface area (Å²) in [7, 11) is 1.54. The van der Waals surface area contributed by atoms with Gasteiger partial charge in [-0.2, -0.15) is 0 Å². The van der Waals surface area contributed by atoms with E-state index in [1.807, 2.05) is 12.1 Å². The Hall–Kier alpha value is -1.48. The van der Waals surface area contributed by atoms with Crippen LogP contribution in [0.2, 0.25) is 0 Å². The molecular weight excluding hydrogens is 240 g/mol. The molecule has 0 aromatic heterocycles. The van der Waals surface area contributed by atoms with Crippen LogP contribution >= 0.6 is 0 Å². The summed E-state index contributed by atoms with van der Waals surface area (Å²) in [5.74, 6) is -0.201. The molecule has 0 bridgehead atoms. The van der Waals surface area contributed by atoms with E-state index in [1.165, 1.54) is 5.56 Å². The topological polar surface area (TPSA) is 43.4 Å². The number of hydrogen-bond donors (Lipinski definition) is 0. The second-order valence-electron chi connectivity index (χ2n) is 5.71. The summed E-state index contributed by atoms with van der Waals surface area (Å²) >= 11 is 0. The standard InChI is InChI=1S/C16H22O3/c1-16(2,3)13-7-5-12(6-8-13)15(18)11-14(17)9-10-19-4/h5-8H,9-11H2,1-4H3. The minimum absolute atomic E-state index is 0.0434. The first-order valence-electron chi connectivity index (χ1n) is 6.49. The molecule has 0 saturated heterocycles. The second-order valence-corrected chi connectivity index (χ2v) is 5.71. The van der Waals surface area contributed by atoms with Gasteiger partial charge in [0.1, 0.15) is 5.78 Å². The molecule has 1 rings (SSSR count). The van der Waals surface area contributed by atoms with Gasteiger partial charge in [-0.25, -0.2) is 0 Å². The molecular formula is C16H22O3. The van der Waals surface area contributed by atoms with Crippen molar-refractivity contribution in [3.63, 3.8) is 0 Å². The van der Waals surface area contributed by atoms with Crippen LogP contribution in [-0.4, -0.2) is 25.3 Å². The van der Waals surface area contributed by atoms with Gasteiger partial charge >= 0.3 is 0 Å². The monoisotopic (exact) mass is 262 g/mol. The van der Waals surface area contributed by atoms with Gasteiger partial charge in [0.25, 0.3) is 0 Å². The van der Waals surface area contributed by atoms with E-state index in [0.29, 0.717) is 18.6 Å². The lowest BCUT2D eigenvalue weighted by Gasteiger charge is -2.18. The summed E-state index contributed by atoms with van der Waals surface area (Å²) < 4.78 is 4.82. The van der Waals surface area contributed by atoms with Gasteiger partial charge in [-0.3, -0.25) is 9.59 Å². The highest BCUT2D eigenvalue weighted by Gasteiger charge is 2.15. The number of methoxy groups -OCH3 is 1. The van der Waals surface area contributed by atoms with Crippen LogP contribution in [0.15, 0.2) is 24.3 Å². The Morgan fingerprint density at radius 2 is 1.68 bits per heavy atom. The predicted molar refractivity (Wildman–Crippen MR) is 75.6 cm³/mol. The molecule has 0 amide bonds. The van der Waals surface area contributed by atoms with Crippen molar-refractivity contribution in [3.05, 3.63) is 35.4 Å². The zero-order valence-electron chi connectivity index (χ0n) is 12.2. The van der Waals surface area contributed by atoms with E-state index in [0.717, 1.165) is 0 Å². The summed E-state index contributed by atoms with van der Waals surface area (Å²) in [6.07, 6.45) is 0.251. The number of hydrogen-bond acceptors (Lipinski definition) is 3. The number of carbonyl (C=O) groups excluding carboxylic acids is 2. The van der Waals surface area contributed by atoms with Crippen molar-refractivity contribution >= 4 is 11.6 Å². The fourth-order valence-electron chi connectivity index (χ4n) is 1.74. The first kappa shape index (κ1) is 15.6. The van der Waals surface area contributed by atoms with Crippen LogP contribution in [0, 0.1) is 0 Å². The smallest absolute Gasteiger partial charge is 0.170 e. The Balaban J connectivity index is 2.66. The third-order valence-corrected chi connectivity index (χ3v) is 3.02. The first-order valence-corrected chi connectivity index (χ1v) is 6.49. The normalized spacial score (nSPS) is 11.4. The average Bonchev–Trinajstić information content (AvgIpc) is 2.35. The maximum Gasteiger partial charge on any atom is 0.170 e. The van der Waals surface area contributed by atoms with E-state index in [-0.39, 0.29) is 23.4 Å². The van der Waals surface area contributed by atoms with E-state index < -0.39 is 0 Å². The van der Waals surface area contributed by atoms with Gasteiger partial charge in [0.15, 0.2) is 5.78 Å². The number of carbonyl (C=O) groups is 2. The zero-order valence-corrected chi connectivity index (χ0v) is 12.2. The fraction of sp³-hybridized carbons (Fsp3) is 0.500. The van der Waals surface area contributed by atoms with Gasteiger partial charge in [0.05, 0.1) is 13.0 Å². The first-order chi connectivity index (χ1) is 8.84. The lowest BCUT2D eigenvalue weighted by molar-refractivity contribution is -0.119.